The van der Waals surface area contributed by atoms with E-state index in [1.165, 1.54) is 0 Å². The molecule has 2 aromatic carbocycles. The molecule has 238 valence electrons. The van der Waals surface area contributed by atoms with Crippen LogP contribution in [0.5, 0.6) is 0 Å². The first-order valence-corrected chi connectivity index (χ1v) is 14.1. The maximum absolute atomic E-state index is 14.8. The van der Waals surface area contributed by atoms with Gasteiger partial charge in [0.2, 0.25) is 5.91 Å². The number of rotatable bonds is 6. The molecule has 0 aliphatic heterocycles. The van der Waals surface area contributed by atoms with Gasteiger partial charge in [-0.15, -0.1) is 0 Å². The zero-order valence-electron chi connectivity index (χ0n) is 21.5. The molecule has 2 aliphatic carbocycles. The topological polar surface area (TPSA) is 83.5 Å². The van der Waals surface area contributed by atoms with Crippen LogP contribution in [0.4, 0.5) is 48.3 Å². The van der Waals surface area contributed by atoms with E-state index in [1.54, 1.807) is 0 Å². The third-order valence-corrected chi connectivity index (χ3v) is 10.7. The summed E-state index contributed by atoms with van der Waals surface area (Å²) in [5.74, 6) is -3.29. The van der Waals surface area contributed by atoms with Crippen molar-refractivity contribution in [2.75, 3.05) is 0 Å². The quantitative estimate of drug-likeness (QED) is 0.299. The molecule has 1 amide bonds. The van der Waals surface area contributed by atoms with E-state index in [9.17, 15) is 66.6 Å². The van der Waals surface area contributed by atoms with Crippen LogP contribution in [0, 0.1) is 11.7 Å². The molecule has 4 atom stereocenters. The summed E-state index contributed by atoms with van der Waals surface area (Å²) in [5.41, 5.74) is -8.26. The number of carbonyl (C=O) groups is 1. The van der Waals surface area contributed by atoms with E-state index in [-0.39, 0.29) is 36.5 Å². The van der Waals surface area contributed by atoms with Gasteiger partial charge in [-0.3, -0.25) is 4.79 Å². The number of aliphatic hydroxyl groups is 1. The Hall–Kier alpha value is -2.95. The second kappa shape index (κ2) is 10.6. The molecule has 0 aromatic heterocycles. The van der Waals surface area contributed by atoms with Gasteiger partial charge in [0, 0.05) is 17.5 Å². The Labute approximate surface area is 237 Å². The minimum atomic E-state index is -6.43. The molecule has 0 saturated heterocycles. The number of aliphatic hydroxyl groups excluding tert-OH is 1. The van der Waals surface area contributed by atoms with Crippen LogP contribution in [-0.2, 0) is 31.5 Å². The molecule has 0 radical (unpaired) electrons. The van der Waals surface area contributed by atoms with Gasteiger partial charge >= 0.3 is 24.2 Å². The lowest BCUT2D eigenvalue weighted by molar-refractivity contribution is -0.348. The largest absolute Gasteiger partial charge is 0.435 e. The molecule has 43 heavy (non-hydrogen) atoms. The Morgan fingerprint density at radius 3 is 2.05 bits per heavy atom. The highest BCUT2D eigenvalue weighted by molar-refractivity contribution is 7.92. The van der Waals surface area contributed by atoms with E-state index in [1.807, 2.05) is 0 Å². The van der Waals surface area contributed by atoms with Crippen LogP contribution in [0.2, 0.25) is 0 Å². The van der Waals surface area contributed by atoms with Crippen molar-refractivity contribution in [2.24, 2.45) is 5.92 Å². The van der Waals surface area contributed by atoms with Gasteiger partial charge in [0.25, 0.3) is 0 Å². The van der Waals surface area contributed by atoms with E-state index in [0.29, 0.717) is 12.1 Å². The Morgan fingerprint density at radius 1 is 0.930 bits per heavy atom. The Kier molecular flexibility index (Phi) is 8.12. The monoisotopic (exact) mass is 653 g/mol. The summed E-state index contributed by atoms with van der Waals surface area (Å²) in [4.78, 5) is 11.9. The van der Waals surface area contributed by atoms with Crippen LogP contribution in [-0.4, -0.2) is 50.1 Å². The molecule has 5 nitrogen and oxygen atoms in total. The first kappa shape index (κ1) is 33.0. The number of hydrogen-bond acceptors (Lipinski definition) is 4. The standard InChI is InChI=1S/C26H22F11NO4S/c27-15-3-5-16(6-4-15)43(41,42)22-10-9-19(38-21(40)12-20(39)24(29,30)31)18(22)7-1-13-11-14(2-8-17(13)22)23(28,25(32,33)34)26(35,36)37/h2-6,8,11,18-20,39H,1,7,9-10,12H2,(H,38,40)/t18-,19+,20?,22+/m0/s1. The second-order valence-electron chi connectivity index (χ2n) is 10.5. The minimum absolute atomic E-state index is 0.176. The smallest absolute Gasteiger partial charge is 0.383 e. The molecule has 2 aromatic rings. The third-order valence-electron chi connectivity index (χ3n) is 8.08. The molecule has 1 fully saturated rings. The lowest BCUT2D eigenvalue weighted by atomic mass is 9.74. The van der Waals surface area contributed by atoms with Gasteiger partial charge in [-0.05, 0) is 61.1 Å². The first-order valence-electron chi connectivity index (χ1n) is 12.6. The van der Waals surface area contributed by atoms with Crippen LogP contribution < -0.4 is 5.32 Å². The maximum atomic E-state index is 14.8. The molecule has 1 saturated carbocycles. The van der Waals surface area contributed by atoms with Gasteiger partial charge in [-0.25, -0.2) is 17.2 Å². The molecule has 0 spiro atoms. The Morgan fingerprint density at radius 2 is 1.51 bits per heavy atom. The average molecular weight is 654 g/mol. The molecule has 4 rings (SSSR count). The fraction of sp³-hybridized carbons (Fsp3) is 0.500. The van der Waals surface area contributed by atoms with Gasteiger partial charge in [0.1, 0.15) is 10.6 Å². The van der Waals surface area contributed by atoms with Crippen molar-refractivity contribution in [1.29, 1.82) is 0 Å². The molecule has 2 N–H and O–H groups in total. The normalized spacial score (nSPS) is 23.8. The fourth-order valence-electron chi connectivity index (χ4n) is 6.11. The van der Waals surface area contributed by atoms with Crippen LogP contribution in [0.15, 0.2) is 47.4 Å². The highest BCUT2D eigenvalue weighted by atomic mass is 32.2. The van der Waals surface area contributed by atoms with Crippen molar-refractivity contribution in [3.8, 4) is 0 Å². The predicted octanol–water partition coefficient (Wildman–Crippen LogP) is 5.94. The van der Waals surface area contributed by atoms with E-state index >= 15 is 0 Å². The third kappa shape index (κ3) is 5.36. The van der Waals surface area contributed by atoms with Crippen molar-refractivity contribution in [2.45, 2.75) is 78.1 Å². The van der Waals surface area contributed by atoms with Crippen molar-refractivity contribution in [1.82, 2.24) is 5.32 Å². The molecule has 1 unspecified atom stereocenters. The van der Waals surface area contributed by atoms with E-state index in [2.05, 4.69) is 5.32 Å². The summed E-state index contributed by atoms with van der Waals surface area (Å²) in [6.07, 6.45) is -23.8. The number of amides is 1. The minimum Gasteiger partial charge on any atom is -0.383 e. The zero-order valence-corrected chi connectivity index (χ0v) is 22.4. The zero-order chi connectivity index (χ0) is 32.4. The molecule has 17 heteroatoms. The lowest BCUT2D eigenvalue weighted by Crippen LogP contribution is -2.51. The highest BCUT2D eigenvalue weighted by Crippen LogP contribution is 2.59. The van der Waals surface area contributed by atoms with Gasteiger partial charge < -0.3 is 10.4 Å². The van der Waals surface area contributed by atoms with Crippen LogP contribution in [0.3, 0.4) is 0 Å². The highest BCUT2D eigenvalue weighted by Gasteiger charge is 2.73. The van der Waals surface area contributed by atoms with Gasteiger partial charge in [-0.1, -0.05) is 18.2 Å². The number of halogens is 11. The van der Waals surface area contributed by atoms with Crippen LogP contribution >= 0.6 is 0 Å². The van der Waals surface area contributed by atoms with E-state index < -0.39 is 91.9 Å². The predicted molar refractivity (Wildman–Crippen MR) is 126 cm³/mol. The molecular weight excluding hydrogens is 631 g/mol. The number of carbonyl (C=O) groups excluding carboxylic acids is 1. The van der Waals surface area contributed by atoms with Gasteiger partial charge in [-0.2, -0.15) is 39.5 Å². The van der Waals surface area contributed by atoms with Crippen LogP contribution in [0.1, 0.15) is 42.4 Å². The summed E-state index contributed by atoms with van der Waals surface area (Å²) >= 11 is 0. The summed E-state index contributed by atoms with van der Waals surface area (Å²) in [7, 11) is -4.70. The van der Waals surface area contributed by atoms with Crippen molar-refractivity contribution < 1.29 is 66.6 Å². The van der Waals surface area contributed by atoms with Crippen LogP contribution in [0.25, 0.3) is 0 Å². The Balaban J connectivity index is 1.85. The summed E-state index contributed by atoms with van der Waals surface area (Å²) < 4.78 is 173. The number of nitrogens with one attached hydrogen (secondary N) is 1. The molecule has 0 bridgehead atoms. The van der Waals surface area contributed by atoms with E-state index in [4.69, 9.17) is 0 Å². The summed E-state index contributed by atoms with van der Waals surface area (Å²) in [6.45, 7) is 0. The number of sulfone groups is 1. The number of fused-ring (bicyclic) bond motifs is 3. The van der Waals surface area contributed by atoms with Crippen molar-refractivity contribution >= 4 is 15.7 Å². The van der Waals surface area contributed by atoms with Gasteiger partial charge in [0.05, 0.1) is 11.3 Å². The number of hydrogen-bond donors (Lipinski definition) is 2. The van der Waals surface area contributed by atoms with E-state index in [0.717, 1.165) is 24.3 Å². The average Bonchev–Trinajstić information content (AvgIpc) is 3.26. The maximum Gasteiger partial charge on any atom is 0.435 e. The summed E-state index contributed by atoms with van der Waals surface area (Å²) in [6, 6.07) is 3.30. The fourth-order valence-corrected chi connectivity index (χ4v) is 8.58. The number of aryl methyl sites for hydroxylation is 1. The second-order valence-corrected chi connectivity index (χ2v) is 12.7. The Bertz CT molecular complexity index is 1470. The molecule has 0 heterocycles. The van der Waals surface area contributed by atoms with Crippen molar-refractivity contribution in [3.05, 3.63) is 65.0 Å². The number of benzene rings is 2. The SMILES string of the molecule is O=C(CC(O)C(F)(F)F)N[C@@H]1CC[C@@]2(S(=O)(=O)c3ccc(F)cc3)c3ccc(C(F)(C(F)(F)F)C(F)(F)F)cc3CC[C@@H]12. The van der Waals surface area contributed by atoms with Gasteiger partial charge in [0.15, 0.2) is 15.9 Å². The first-order chi connectivity index (χ1) is 19.6. The van der Waals surface area contributed by atoms with Crippen molar-refractivity contribution in [3.63, 3.8) is 0 Å². The number of alkyl halides is 10. The summed E-state index contributed by atoms with van der Waals surface area (Å²) in [5, 5.41) is 11.5. The molecule has 2 aliphatic rings. The lowest BCUT2D eigenvalue weighted by Gasteiger charge is -2.43. The molecular formula is C26H22F11NO4S.